The molecule has 1 rings (SSSR count). The maximum Gasteiger partial charge on any atom is 0.0995 e. The summed E-state index contributed by atoms with van der Waals surface area (Å²) in [6.45, 7) is 4.90. The first kappa shape index (κ1) is 30.1. The van der Waals surface area contributed by atoms with Crippen LogP contribution in [0.2, 0.25) is 0 Å². The maximum absolute atomic E-state index is 11.8. The second-order valence-electron chi connectivity index (χ2n) is 9.18. The molecule has 0 aromatic heterocycles. The molecule has 0 radical (unpaired) electrons. The first-order valence-corrected chi connectivity index (χ1v) is 12.2. The number of hydrogen-bond acceptors (Lipinski definition) is 6. The highest BCUT2D eigenvalue weighted by atomic mass is 16.5. The third-order valence-corrected chi connectivity index (χ3v) is 6.09. The van der Waals surface area contributed by atoms with Crippen molar-refractivity contribution in [3.05, 3.63) is 58.5 Å². The van der Waals surface area contributed by atoms with Crippen LogP contribution in [0.5, 0.6) is 0 Å². The number of azide groups is 1. The van der Waals surface area contributed by atoms with E-state index in [4.69, 9.17) is 14.6 Å². The average Bonchev–Trinajstić information content (AvgIpc) is 2.85. The Bertz CT molecular complexity index is 726. The van der Waals surface area contributed by atoms with Gasteiger partial charge in [-0.15, -0.1) is 0 Å². The predicted octanol–water partition coefficient (Wildman–Crippen LogP) is 4.78. The van der Waals surface area contributed by atoms with E-state index in [2.05, 4.69) is 10.0 Å². The molecule has 0 fully saturated rings. The molecule has 0 aliphatic carbocycles. The molecule has 0 amide bonds. The molecule has 192 valence electrons. The number of rotatable bonds is 19. The molecular formula is C26H43N3O5. The second kappa shape index (κ2) is 17.5. The Balaban J connectivity index is 2.81. The summed E-state index contributed by atoms with van der Waals surface area (Å²) in [5.74, 6) is 0.00261. The van der Waals surface area contributed by atoms with Gasteiger partial charge in [0.1, 0.15) is 0 Å². The van der Waals surface area contributed by atoms with Crippen molar-refractivity contribution in [1.29, 1.82) is 0 Å². The highest BCUT2D eigenvalue weighted by Crippen LogP contribution is 2.33. The van der Waals surface area contributed by atoms with Gasteiger partial charge in [-0.05, 0) is 61.5 Å². The first-order valence-electron chi connectivity index (χ1n) is 12.2. The lowest BCUT2D eigenvalue weighted by atomic mass is 9.77. The van der Waals surface area contributed by atoms with Crippen molar-refractivity contribution in [1.82, 2.24) is 0 Å². The summed E-state index contributed by atoms with van der Waals surface area (Å²) < 4.78 is 11.5. The van der Waals surface area contributed by atoms with Crippen LogP contribution >= 0.6 is 0 Å². The summed E-state index contributed by atoms with van der Waals surface area (Å²) in [4.78, 5) is 3.00. The lowest BCUT2D eigenvalue weighted by Gasteiger charge is -2.41. The summed E-state index contributed by atoms with van der Waals surface area (Å²) in [5, 5.41) is 34.5. The minimum Gasteiger partial charge on any atom is -0.396 e. The highest BCUT2D eigenvalue weighted by molar-refractivity contribution is 5.13. The van der Waals surface area contributed by atoms with Crippen LogP contribution in [-0.4, -0.2) is 60.0 Å². The third-order valence-electron chi connectivity index (χ3n) is 6.09. The zero-order valence-corrected chi connectivity index (χ0v) is 20.9. The van der Waals surface area contributed by atoms with Gasteiger partial charge < -0.3 is 24.8 Å². The number of allylic oxidation sites excluding steroid dienone is 2. The predicted molar refractivity (Wildman–Crippen MR) is 134 cm³/mol. The third kappa shape index (κ3) is 11.0. The monoisotopic (exact) mass is 477 g/mol. The van der Waals surface area contributed by atoms with Crippen LogP contribution in [0, 0.1) is 11.8 Å². The maximum atomic E-state index is 11.8. The number of benzene rings is 1. The molecule has 8 heteroatoms. The van der Waals surface area contributed by atoms with Gasteiger partial charge in [0, 0.05) is 31.8 Å². The number of nitrogens with zero attached hydrogens (tertiary/aromatic N) is 3. The van der Waals surface area contributed by atoms with E-state index in [-0.39, 0.29) is 31.5 Å². The lowest BCUT2D eigenvalue weighted by molar-refractivity contribution is -0.127. The fourth-order valence-electron chi connectivity index (χ4n) is 4.06. The second-order valence-corrected chi connectivity index (χ2v) is 9.18. The minimum absolute atomic E-state index is 0.0825. The zero-order valence-electron chi connectivity index (χ0n) is 20.9. The zero-order chi connectivity index (χ0) is 25.2. The smallest absolute Gasteiger partial charge is 0.0995 e. The Hall–Kier alpha value is -1.93. The van der Waals surface area contributed by atoms with Gasteiger partial charge in [-0.25, -0.2) is 0 Å². The Kier molecular flexibility index (Phi) is 15.5. The van der Waals surface area contributed by atoms with E-state index in [1.54, 1.807) is 7.11 Å². The van der Waals surface area contributed by atoms with Crippen LogP contribution < -0.4 is 0 Å². The van der Waals surface area contributed by atoms with Gasteiger partial charge in [-0.2, -0.15) is 0 Å². The minimum atomic E-state index is -1.42. The summed E-state index contributed by atoms with van der Waals surface area (Å²) in [6.07, 6.45) is 6.70. The van der Waals surface area contributed by atoms with Crippen molar-refractivity contribution in [2.45, 2.75) is 76.7 Å². The Morgan fingerprint density at radius 2 is 1.79 bits per heavy atom. The molecule has 0 aliphatic rings. The number of methoxy groups -OCH3 is 1. The van der Waals surface area contributed by atoms with Crippen molar-refractivity contribution >= 4 is 0 Å². The van der Waals surface area contributed by atoms with Crippen LogP contribution in [0.15, 0.2) is 47.6 Å². The molecule has 8 nitrogen and oxygen atoms in total. The van der Waals surface area contributed by atoms with Crippen molar-refractivity contribution in [3.63, 3.8) is 0 Å². The molecule has 0 spiro atoms. The normalized spacial score (nSPS) is 17.0. The van der Waals surface area contributed by atoms with E-state index in [1.165, 1.54) is 0 Å². The van der Waals surface area contributed by atoms with Crippen LogP contribution in [-0.2, 0) is 16.1 Å². The molecule has 1 aromatic rings. The van der Waals surface area contributed by atoms with E-state index in [1.807, 2.05) is 56.3 Å². The molecule has 1 aromatic carbocycles. The standard InChI is InChI=1S/C26H43N3O5/c1-21(18-30)11-6-4-9-14-24(28-29-27)26(32,17-22(2)19-31)25(33-3)15-10-16-34-20-23-12-7-5-8-13-23/h4-8,12-13,21-22,24-25,30-32H,9-11,14-20H2,1-3H3/b6-4-/t21-,22+,24-,25+,26-/m0/s1. The van der Waals surface area contributed by atoms with Crippen molar-refractivity contribution in [2.75, 3.05) is 26.9 Å². The Labute approximate surface area is 204 Å². The molecule has 3 N–H and O–H groups in total. The fraction of sp³-hybridized carbons (Fsp3) is 0.692. The van der Waals surface area contributed by atoms with Gasteiger partial charge in [0.05, 0.1) is 24.4 Å². The van der Waals surface area contributed by atoms with Crippen LogP contribution in [0.4, 0.5) is 0 Å². The van der Waals surface area contributed by atoms with Crippen LogP contribution in [0.25, 0.3) is 10.4 Å². The van der Waals surface area contributed by atoms with Crippen molar-refractivity contribution in [2.24, 2.45) is 17.0 Å². The van der Waals surface area contributed by atoms with Gasteiger partial charge in [-0.3, -0.25) is 0 Å². The number of hydrogen-bond donors (Lipinski definition) is 3. The molecule has 0 bridgehead atoms. The van der Waals surface area contributed by atoms with Crippen molar-refractivity contribution in [3.8, 4) is 0 Å². The molecule has 5 atom stereocenters. The molecule has 0 aliphatic heterocycles. The summed E-state index contributed by atoms with van der Waals surface area (Å²) in [5.41, 5.74) is 8.88. The fourth-order valence-corrected chi connectivity index (χ4v) is 4.06. The van der Waals surface area contributed by atoms with E-state index in [0.29, 0.717) is 38.9 Å². The number of aliphatic hydroxyl groups excluding tert-OH is 2. The number of aliphatic hydroxyl groups is 3. The summed E-state index contributed by atoms with van der Waals surface area (Å²) >= 11 is 0. The largest absolute Gasteiger partial charge is 0.396 e. The van der Waals surface area contributed by atoms with Gasteiger partial charge in [0.15, 0.2) is 0 Å². The molecule has 0 saturated heterocycles. The first-order chi connectivity index (χ1) is 16.4. The molecular weight excluding hydrogens is 434 g/mol. The SMILES string of the molecule is CO[C@H](CCCOCc1ccccc1)[C@](O)(C[C@@H](C)CO)[C@H](CC/C=C\C[C@H](C)CO)N=[N+]=[N-]. The summed E-state index contributed by atoms with van der Waals surface area (Å²) in [7, 11) is 1.55. The van der Waals surface area contributed by atoms with E-state index >= 15 is 0 Å². The van der Waals surface area contributed by atoms with Gasteiger partial charge in [0.2, 0.25) is 0 Å². The van der Waals surface area contributed by atoms with E-state index in [0.717, 1.165) is 12.0 Å². The van der Waals surface area contributed by atoms with Crippen LogP contribution in [0.3, 0.4) is 0 Å². The quantitative estimate of drug-likeness (QED) is 0.0868. The van der Waals surface area contributed by atoms with Crippen molar-refractivity contribution < 1.29 is 24.8 Å². The topological polar surface area (TPSA) is 128 Å². The molecule has 0 heterocycles. The van der Waals surface area contributed by atoms with Gasteiger partial charge in [-0.1, -0.05) is 61.4 Å². The molecule has 0 saturated carbocycles. The van der Waals surface area contributed by atoms with Gasteiger partial charge >= 0.3 is 0 Å². The number of ether oxygens (including phenoxy) is 2. The van der Waals surface area contributed by atoms with Crippen LogP contribution in [0.1, 0.15) is 57.9 Å². The van der Waals surface area contributed by atoms with E-state index < -0.39 is 17.7 Å². The van der Waals surface area contributed by atoms with E-state index in [9.17, 15) is 15.7 Å². The molecule has 0 unspecified atom stereocenters. The summed E-state index contributed by atoms with van der Waals surface area (Å²) in [6, 6.07) is 9.22. The Morgan fingerprint density at radius 1 is 1.09 bits per heavy atom. The average molecular weight is 478 g/mol. The Morgan fingerprint density at radius 3 is 2.41 bits per heavy atom. The van der Waals surface area contributed by atoms with Gasteiger partial charge in [0.25, 0.3) is 0 Å². The molecule has 34 heavy (non-hydrogen) atoms. The lowest BCUT2D eigenvalue weighted by Crippen LogP contribution is -2.53. The highest BCUT2D eigenvalue weighted by Gasteiger charge is 2.44.